The van der Waals surface area contributed by atoms with E-state index in [2.05, 4.69) is 43.8 Å². The molecule has 10 heteroatoms. The number of anilines is 1. The lowest BCUT2D eigenvalue weighted by atomic mass is 9.49. The molecule has 0 saturated carbocycles. The number of nitrogens with zero attached hydrogens (tertiary/aromatic N) is 4. The molecule has 152 valence electrons. The van der Waals surface area contributed by atoms with Gasteiger partial charge in [0.15, 0.2) is 0 Å². The average Bonchev–Trinajstić information content (AvgIpc) is 3.19. The van der Waals surface area contributed by atoms with Crippen LogP contribution in [0, 0.1) is 5.82 Å². The van der Waals surface area contributed by atoms with Gasteiger partial charge in [-0.15, -0.1) is 0 Å². The SMILES string of the molecule is BC(B)(B)n1cc(-c2cc(F)c3cnc(NC(=O)CN4CCCCC4)cc3c2)cn1. The maximum Gasteiger partial charge on any atom is 0.239 e. The van der Waals surface area contributed by atoms with Crippen molar-refractivity contribution in [3.8, 4) is 11.1 Å². The molecule has 0 bridgehead atoms. The summed E-state index contributed by atoms with van der Waals surface area (Å²) in [4.78, 5) is 18.8. The Hall–Kier alpha value is -2.61. The molecule has 0 unspecified atom stereocenters. The highest BCUT2D eigenvalue weighted by atomic mass is 19.1. The Kier molecular flexibility index (Phi) is 5.69. The van der Waals surface area contributed by atoms with Crippen LogP contribution in [0.2, 0.25) is 0 Å². The molecule has 0 spiro atoms. The summed E-state index contributed by atoms with van der Waals surface area (Å²) in [5.74, 6) is 0.00276. The predicted octanol–water partition coefficient (Wildman–Crippen LogP) is 0.129. The maximum absolute atomic E-state index is 14.7. The van der Waals surface area contributed by atoms with Crippen LogP contribution < -0.4 is 5.32 Å². The molecule has 0 radical (unpaired) electrons. The Morgan fingerprint density at radius 1 is 1.10 bits per heavy atom. The van der Waals surface area contributed by atoms with Crippen molar-refractivity contribution in [1.29, 1.82) is 0 Å². The first-order chi connectivity index (χ1) is 14.3. The highest BCUT2D eigenvalue weighted by Gasteiger charge is 2.17. The van der Waals surface area contributed by atoms with E-state index in [4.69, 9.17) is 0 Å². The van der Waals surface area contributed by atoms with Crippen LogP contribution in [0.4, 0.5) is 10.2 Å². The van der Waals surface area contributed by atoms with Gasteiger partial charge in [-0.1, -0.05) is 6.42 Å². The first kappa shape index (κ1) is 20.7. The van der Waals surface area contributed by atoms with E-state index in [0.717, 1.165) is 37.1 Å². The summed E-state index contributed by atoms with van der Waals surface area (Å²) < 4.78 is 16.6. The minimum atomic E-state index is -0.343. The summed E-state index contributed by atoms with van der Waals surface area (Å²) >= 11 is 0. The summed E-state index contributed by atoms with van der Waals surface area (Å²) in [5.41, 5.74) is 1.59. The minimum Gasteiger partial charge on any atom is -0.310 e. The molecule has 2 aromatic heterocycles. The second kappa shape index (κ2) is 8.26. The van der Waals surface area contributed by atoms with Gasteiger partial charge in [-0.25, -0.2) is 9.37 Å². The minimum absolute atomic E-state index is 0.0909. The number of amides is 1. The van der Waals surface area contributed by atoms with Crippen molar-refractivity contribution in [1.82, 2.24) is 19.7 Å². The van der Waals surface area contributed by atoms with Crippen molar-refractivity contribution in [2.24, 2.45) is 0 Å². The van der Waals surface area contributed by atoms with E-state index >= 15 is 0 Å². The van der Waals surface area contributed by atoms with Crippen LogP contribution in [0.25, 0.3) is 21.9 Å². The van der Waals surface area contributed by atoms with Crippen LogP contribution in [0.1, 0.15) is 19.3 Å². The quantitative estimate of drug-likeness (QED) is 0.616. The fourth-order valence-corrected chi connectivity index (χ4v) is 3.79. The molecule has 1 fully saturated rings. The van der Waals surface area contributed by atoms with Crippen LogP contribution in [0.5, 0.6) is 0 Å². The zero-order valence-electron chi connectivity index (χ0n) is 17.8. The lowest BCUT2D eigenvalue weighted by Crippen LogP contribution is -2.36. The zero-order chi connectivity index (χ0) is 21.3. The van der Waals surface area contributed by atoms with E-state index in [0.29, 0.717) is 23.1 Å². The van der Waals surface area contributed by atoms with Gasteiger partial charge in [0.25, 0.3) is 0 Å². The van der Waals surface area contributed by atoms with E-state index < -0.39 is 0 Å². The van der Waals surface area contributed by atoms with E-state index in [1.54, 1.807) is 12.3 Å². The molecule has 6 nitrogen and oxygen atoms in total. The van der Waals surface area contributed by atoms with Gasteiger partial charge in [-0.3, -0.25) is 14.4 Å². The molecule has 3 aromatic rings. The number of hydrogen-bond acceptors (Lipinski definition) is 4. The Balaban J connectivity index is 1.57. The standard InChI is InChI=1S/C20H25B3FN5O/c21-20(22,23)29-11-15(9-26-29)13-6-14-8-18(25-10-16(14)17(24)7-13)27-19(30)12-28-4-2-1-3-5-28/h6-11H,1-5,12,21-23H2,(H,25,27,30). The molecular weight excluding hydrogens is 378 g/mol. The Morgan fingerprint density at radius 2 is 1.87 bits per heavy atom. The van der Waals surface area contributed by atoms with E-state index in [1.807, 2.05) is 16.9 Å². The molecule has 4 rings (SSSR count). The third kappa shape index (κ3) is 4.59. The number of halogens is 1. The third-order valence-corrected chi connectivity index (χ3v) is 5.47. The molecule has 30 heavy (non-hydrogen) atoms. The highest BCUT2D eigenvalue weighted by molar-refractivity contribution is 6.56. The molecule has 0 aliphatic carbocycles. The predicted molar refractivity (Wildman–Crippen MR) is 125 cm³/mol. The Labute approximate surface area is 178 Å². The van der Waals surface area contributed by atoms with Crippen LogP contribution >= 0.6 is 0 Å². The highest BCUT2D eigenvalue weighted by Crippen LogP contribution is 2.28. The van der Waals surface area contributed by atoms with E-state index in [-0.39, 0.29) is 17.0 Å². The topological polar surface area (TPSA) is 63.1 Å². The van der Waals surface area contributed by atoms with Crippen LogP contribution in [0.15, 0.2) is 36.8 Å². The van der Waals surface area contributed by atoms with Gasteiger partial charge in [0.2, 0.25) is 5.91 Å². The molecule has 1 amide bonds. The van der Waals surface area contributed by atoms with Crippen molar-refractivity contribution in [3.63, 3.8) is 0 Å². The number of hydrogen-bond donors (Lipinski definition) is 1. The first-order valence-corrected chi connectivity index (χ1v) is 10.5. The molecule has 1 aliphatic heterocycles. The van der Waals surface area contributed by atoms with Crippen LogP contribution in [-0.4, -0.2) is 68.7 Å². The number of benzene rings is 1. The Bertz CT molecular complexity index is 1080. The van der Waals surface area contributed by atoms with Crippen molar-refractivity contribution in [3.05, 3.63) is 42.6 Å². The number of fused-ring (bicyclic) bond motifs is 1. The van der Waals surface area contributed by atoms with Crippen molar-refractivity contribution < 1.29 is 9.18 Å². The fourth-order valence-electron chi connectivity index (χ4n) is 3.79. The fraction of sp³-hybridized carbons (Fsp3) is 0.350. The monoisotopic (exact) mass is 403 g/mol. The number of likely N-dealkylation sites (tertiary alicyclic amines) is 1. The number of pyridine rings is 1. The summed E-state index contributed by atoms with van der Waals surface area (Å²) in [6.45, 7) is 2.27. The molecule has 0 atom stereocenters. The molecule has 1 N–H and O–H groups in total. The van der Waals surface area contributed by atoms with Gasteiger partial charge in [0, 0.05) is 23.3 Å². The number of nitrogens with one attached hydrogen (secondary N) is 1. The molecule has 3 heterocycles. The van der Waals surface area contributed by atoms with Gasteiger partial charge in [0.05, 0.1) is 12.7 Å². The van der Waals surface area contributed by atoms with Crippen molar-refractivity contribution in [2.45, 2.75) is 24.5 Å². The third-order valence-electron chi connectivity index (χ3n) is 5.47. The van der Waals surface area contributed by atoms with E-state index in [9.17, 15) is 9.18 Å². The van der Waals surface area contributed by atoms with Gasteiger partial charge in [0.1, 0.15) is 35.2 Å². The van der Waals surface area contributed by atoms with Crippen LogP contribution in [0.3, 0.4) is 0 Å². The van der Waals surface area contributed by atoms with E-state index in [1.165, 1.54) is 18.7 Å². The van der Waals surface area contributed by atoms with Crippen molar-refractivity contribution >= 4 is 46.0 Å². The lowest BCUT2D eigenvalue weighted by molar-refractivity contribution is -0.117. The van der Waals surface area contributed by atoms with Crippen molar-refractivity contribution in [2.75, 3.05) is 25.0 Å². The van der Waals surface area contributed by atoms with Crippen LogP contribution in [-0.2, 0) is 10.0 Å². The first-order valence-electron chi connectivity index (χ1n) is 10.5. The summed E-state index contributed by atoms with van der Waals surface area (Å²) in [5, 5.41) is 8.23. The number of rotatable bonds is 5. The summed E-state index contributed by atoms with van der Waals surface area (Å²) in [6.07, 6.45) is 8.64. The lowest BCUT2D eigenvalue weighted by Gasteiger charge is -2.25. The summed E-state index contributed by atoms with van der Waals surface area (Å²) in [7, 11) is 6.19. The smallest absolute Gasteiger partial charge is 0.239 e. The molecular formula is C20H25B3FN5O. The van der Waals surface area contributed by atoms with Gasteiger partial charge >= 0.3 is 0 Å². The van der Waals surface area contributed by atoms with Gasteiger partial charge in [-0.2, -0.15) is 5.10 Å². The second-order valence-electron chi connectivity index (χ2n) is 8.98. The Morgan fingerprint density at radius 3 is 2.57 bits per heavy atom. The average molecular weight is 403 g/mol. The molecule has 1 aromatic carbocycles. The number of aromatic nitrogens is 3. The number of carbonyl (C=O) groups excluding carboxylic acids is 1. The molecule has 1 saturated heterocycles. The molecule has 1 aliphatic rings. The zero-order valence-corrected chi connectivity index (χ0v) is 17.8. The maximum atomic E-state index is 14.7. The summed E-state index contributed by atoms with van der Waals surface area (Å²) in [6, 6.07) is 5.14. The second-order valence-corrected chi connectivity index (χ2v) is 8.98. The van der Waals surface area contributed by atoms with Gasteiger partial charge < -0.3 is 5.32 Å². The van der Waals surface area contributed by atoms with Gasteiger partial charge in [-0.05, 0) is 60.3 Å². The number of carbonyl (C=O) groups is 1. The number of piperidine rings is 1. The largest absolute Gasteiger partial charge is 0.310 e. The normalized spacial score (nSPS) is 15.4.